The van der Waals surface area contributed by atoms with Gasteiger partial charge >= 0.3 is 0 Å². The molecule has 1 N–H and O–H groups in total. The van der Waals surface area contributed by atoms with Crippen molar-refractivity contribution in [2.24, 2.45) is 0 Å². The van der Waals surface area contributed by atoms with E-state index >= 15 is 0 Å². The lowest BCUT2D eigenvalue weighted by molar-refractivity contribution is 0.0990. The predicted molar refractivity (Wildman–Crippen MR) is 51.8 cm³/mol. The van der Waals surface area contributed by atoms with Gasteiger partial charge in [-0.1, -0.05) is 0 Å². The Balaban J connectivity index is 1.92. The molecule has 0 radical (unpaired) electrons. The zero-order valence-corrected chi connectivity index (χ0v) is 7.79. The van der Waals surface area contributed by atoms with Crippen LogP contribution in [0.15, 0.2) is 24.3 Å². The lowest BCUT2D eigenvalue weighted by atomic mass is 10.1. The lowest BCUT2D eigenvalue weighted by Gasteiger charge is -2.01. The number of carbonyl (C=O) groups is 1. The fourth-order valence-electron chi connectivity index (χ4n) is 1.26. The summed E-state index contributed by atoms with van der Waals surface area (Å²) in [6, 6.07) is 6.19. The van der Waals surface area contributed by atoms with Gasteiger partial charge in [0.2, 0.25) is 0 Å². The topological polar surface area (TPSA) is 29.1 Å². The highest BCUT2D eigenvalue weighted by Crippen LogP contribution is 2.18. The van der Waals surface area contributed by atoms with E-state index in [2.05, 4.69) is 5.32 Å². The van der Waals surface area contributed by atoms with Gasteiger partial charge in [-0.15, -0.1) is 0 Å². The molecule has 0 spiro atoms. The van der Waals surface area contributed by atoms with Gasteiger partial charge in [0.05, 0.1) is 6.54 Å². The largest absolute Gasteiger partial charge is 0.307 e. The van der Waals surface area contributed by atoms with Gasteiger partial charge in [-0.25, -0.2) is 4.39 Å². The van der Waals surface area contributed by atoms with Crippen molar-refractivity contribution in [3.63, 3.8) is 0 Å². The van der Waals surface area contributed by atoms with Crippen molar-refractivity contribution in [3.8, 4) is 0 Å². The summed E-state index contributed by atoms with van der Waals surface area (Å²) in [7, 11) is 0. The molecule has 2 nitrogen and oxygen atoms in total. The van der Waals surface area contributed by atoms with Gasteiger partial charge < -0.3 is 5.32 Å². The molecule has 1 aliphatic carbocycles. The number of benzene rings is 1. The third kappa shape index (κ3) is 2.39. The average molecular weight is 193 g/mol. The quantitative estimate of drug-likeness (QED) is 0.738. The maximum atomic E-state index is 12.5. The van der Waals surface area contributed by atoms with Gasteiger partial charge in [0.25, 0.3) is 0 Å². The summed E-state index contributed by atoms with van der Waals surface area (Å²) in [6.45, 7) is 0.357. The van der Waals surface area contributed by atoms with Crippen molar-refractivity contribution >= 4 is 5.78 Å². The van der Waals surface area contributed by atoms with Gasteiger partial charge in [-0.2, -0.15) is 0 Å². The minimum atomic E-state index is -0.309. The molecule has 0 saturated heterocycles. The summed E-state index contributed by atoms with van der Waals surface area (Å²) in [5.41, 5.74) is 0.569. The number of halogens is 1. The second-order valence-electron chi connectivity index (χ2n) is 3.59. The molecule has 1 saturated carbocycles. The SMILES string of the molecule is O=C(CNC1CC1)c1ccc(F)cc1. The fraction of sp³-hybridized carbons (Fsp3) is 0.364. The Kier molecular flexibility index (Phi) is 2.59. The van der Waals surface area contributed by atoms with E-state index in [0.29, 0.717) is 18.2 Å². The van der Waals surface area contributed by atoms with E-state index < -0.39 is 0 Å². The summed E-state index contributed by atoms with van der Waals surface area (Å²) in [5.74, 6) is -0.284. The first kappa shape index (κ1) is 9.34. The van der Waals surface area contributed by atoms with Crippen LogP contribution in [0, 0.1) is 5.82 Å². The summed E-state index contributed by atoms with van der Waals surface area (Å²) >= 11 is 0. The molecular formula is C11H12FNO. The van der Waals surface area contributed by atoms with Crippen LogP contribution in [0.3, 0.4) is 0 Å². The summed E-state index contributed by atoms with van der Waals surface area (Å²) < 4.78 is 12.5. The second-order valence-corrected chi connectivity index (χ2v) is 3.59. The molecule has 0 aromatic heterocycles. The van der Waals surface area contributed by atoms with Crippen LogP contribution in [0.4, 0.5) is 4.39 Å². The van der Waals surface area contributed by atoms with Gasteiger partial charge in [-0.05, 0) is 37.1 Å². The molecule has 2 rings (SSSR count). The van der Waals surface area contributed by atoms with Crippen LogP contribution >= 0.6 is 0 Å². The van der Waals surface area contributed by atoms with E-state index in [0.717, 1.165) is 12.8 Å². The van der Waals surface area contributed by atoms with E-state index in [1.807, 2.05) is 0 Å². The van der Waals surface area contributed by atoms with Crippen molar-refractivity contribution in [2.75, 3.05) is 6.54 Å². The number of nitrogens with one attached hydrogen (secondary N) is 1. The van der Waals surface area contributed by atoms with E-state index in [9.17, 15) is 9.18 Å². The van der Waals surface area contributed by atoms with E-state index in [-0.39, 0.29) is 11.6 Å². The molecule has 0 heterocycles. The van der Waals surface area contributed by atoms with E-state index in [1.165, 1.54) is 24.3 Å². The minimum absolute atomic E-state index is 0.0249. The Morgan fingerprint density at radius 2 is 2.00 bits per heavy atom. The molecule has 0 unspecified atom stereocenters. The maximum absolute atomic E-state index is 12.5. The molecule has 3 heteroatoms. The highest BCUT2D eigenvalue weighted by atomic mass is 19.1. The molecule has 0 bridgehead atoms. The predicted octanol–water partition coefficient (Wildman–Crippen LogP) is 1.76. The molecule has 14 heavy (non-hydrogen) atoms. The molecule has 1 fully saturated rings. The van der Waals surface area contributed by atoms with Crippen molar-refractivity contribution < 1.29 is 9.18 Å². The highest BCUT2D eigenvalue weighted by molar-refractivity contribution is 5.97. The normalized spacial score (nSPS) is 15.5. The number of rotatable bonds is 4. The summed E-state index contributed by atoms with van der Waals surface area (Å²) in [4.78, 5) is 11.5. The molecule has 0 amide bonds. The van der Waals surface area contributed by atoms with Crippen molar-refractivity contribution in [3.05, 3.63) is 35.6 Å². The Morgan fingerprint density at radius 3 is 2.57 bits per heavy atom. The highest BCUT2D eigenvalue weighted by Gasteiger charge is 2.21. The smallest absolute Gasteiger partial charge is 0.176 e. The van der Waals surface area contributed by atoms with E-state index in [4.69, 9.17) is 0 Å². The Bertz CT molecular complexity index is 330. The number of carbonyl (C=O) groups excluding carboxylic acids is 1. The standard InChI is InChI=1S/C11H12FNO/c12-9-3-1-8(2-4-9)11(14)7-13-10-5-6-10/h1-4,10,13H,5-7H2. The summed E-state index contributed by atoms with van der Waals surface area (Å²) in [6.07, 6.45) is 2.33. The molecule has 1 aromatic rings. The summed E-state index contributed by atoms with van der Waals surface area (Å²) in [5, 5.41) is 3.13. The van der Waals surface area contributed by atoms with Gasteiger partial charge in [0, 0.05) is 11.6 Å². The molecule has 0 aliphatic heterocycles. The van der Waals surface area contributed by atoms with Crippen LogP contribution in [0.2, 0.25) is 0 Å². The lowest BCUT2D eigenvalue weighted by Crippen LogP contribution is -2.24. The zero-order chi connectivity index (χ0) is 9.97. The fourth-order valence-corrected chi connectivity index (χ4v) is 1.26. The molecule has 1 aliphatic rings. The molecular weight excluding hydrogens is 181 g/mol. The molecule has 1 aromatic carbocycles. The average Bonchev–Trinajstić information content (AvgIpc) is 2.99. The molecule has 0 atom stereocenters. The Morgan fingerprint density at radius 1 is 1.36 bits per heavy atom. The first-order valence-corrected chi connectivity index (χ1v) is 4.78. The maximum Gasteiger partial charge on any atom is 0.176 e. The van der Waals surface area contributed by atoms with Gasteiger partial charge in [0.1, 0.15) is 5.82 Å². The number of ketones is 1. The van der Waals surface area contributed by atoms with Crippen LogP contribution in [-0.2, 0) is 0 Å². The van der Waals surface area contributed by atoms with E-state index in [1.54, 1.807) is 0 Å². The van der Waals surface area contributed by atoms with Crippen molar-refractivity contribution in [2.45, 2.75) is 18.9 Å². The van der Waals surface area contributed by atoms with Gasteiger partial charge in [0.15, 0.2) is 5.78 Å². The van der Waals surface area contributed by atoms with Crippen molar-refractivity contribution in [1.29, 1.82) is 0 Å². The second kappa shape index (κ2) is 3.88. The van der Waals surface area contributed by atoms with Crippen LogP contribution in [0.1, 0.15) is 23.2 Å². The first-order chi connectivity index (χ1) is 6.75. The van der Waals surface area contributed by atoms with Crippen LogP contribution in [0.5, 0.6) is 0 Å². The number of hydrogen-bond donors (Lipinski definition) is 1. The van der Waals surface area contributed by atoms with Gasteiger partial charge in [-0.3, -0.25) is 4.79 Å². The third-order valence-electron chi connectivity index (χ3n) is 2.29. The first-order valence-electron chi connectivity index (χ1n) is 4.78. The number of hydrogen-bond acceptors (Lipinski definition) is 2. The Hall–Kier alpha value is -1.22. The van der Waals surface area contributed by atoms with Crippen LogP contribution < -0.4 is 5.32 Å². The Labute approximate surface area is 82.1 Å². The van der Waals surface area contributed by atoms with Crippen molar-refractivity contribution in [1.82, 2.24) is 5.32 Å². The molecule has 74 valence electrons. The third-order valence-corrected chi connectivity index (χ3v) is 2.29. The van der Waals surface area contributed by atoms with Crippen LogP contribution in [-0.4, -0.2) is 18.4 Å². The van der Waals surface area contributed by atoms with Crippen LogP contribution in [0.25, 0.3) is 0 Å². The zero-order valence-electron chi connectivity index (χ0n) is 7.79. The number of Topliss-reactive ketones (excluding diaryl/α,β-unsaturated/α-hetero) is 1. The monoisotopic (exact) mass is 193 g/mol. The minimum Gasteiger partial charge on any atom is -0.307 e.